The van der Waals surface area contributed by atoms with Crippen LogP contribution in [-0.4, -0.2) is 31.3 Å². The number of anilines is 2. The zero-order valence-electron chi connectivity index (χ0n) is 16.5. The Morgan fingerprint density at radius 1 is 1.16 bits per heavy atom. The Labute approximate surface area is 181 Å². The van der Waals surface area contributed by atoms with Crippen LogP contribution in [0.3, 0.4) is 0 Å². The van der Waals surface area contributed by atoms with Crippen molar-refractivity contribution in [3.63, 3.8) is 0 Å². The lowest BCUT2D eigenvalue weighted by molar-refractivity contribution is -0.117. The number of aryl methyl sites for hydroxylation is 1. The minimum absolute atomic E-state index is 0.0144. The molecular formula is C21H18N6O3S. The molecule has 0 spiro atoms. The van der Waals surface area contributed by atoms with Gasteiger partial charge in [-0.1, -0.05) is 17.4 Å². The fourth-order valence-electron chi connectivity index (χ4n) is 2.99. The molecule has 0 unspecified atom stereocenters. The van der Waals surface area contributed by atoms with Crippen molar-refractivity contribution in [2.24, 2.45) is 13.0 Å². The second kappa shape index (κ2) is 7.80. The molecule has 1 saturated carbocycles. The third-order valence-electron chi connectivity index (χ3n) is 4.77. The quantitative estimate of drug-likeness (QED) is 0.477. The van der Waals surface area contributed by atoms with Gasteiger partial charge in [0, 0.05) is 30.8 Å². The van der Waals surface area contributed by atoms with E-state index in [9.17, 15) is 9.59 Å². The lowest BCUT2D eigenvalue weighted by atomic mass is 10.3. The van der Waals surface area contributed by atoms with Crippen LogP contribution in [0, 0.1) is 5.92 Å². The highest BCUT2D eigenvalue weighted by molar-refractivity contribution is 7.21. The zero-order chi connectivity index (χ0) is 21.4. The summed E-state index contributed by atoms with van der Waals surface area (Å²) in [5, 5.41) is 6.21. The van der Waals surface area contributed by atoms with Crippen LogP contribution < -0.4 is 15.4 Å². The Balaban J connectivity index is 1.30. The van der Waals surface area contributed by atoms with Gasteiger partial charge in [-0.05, 0) is 31.0 Å². The first-order valence-electron chi connectivity index (χ1n) is 9.69. The number of hydrogen-bond acceptors (Lipinski definition) is 7. The van der Waals surface area contributed by atoms with Crippen molar-refractivity contribution in [3.05, 3.63) is 54.6 Å². The first kappa shape index (κ1) is 19.2. The van der Waals surface area contributed by atoms with E-state index in [1.807, 2.05) is 0 Å². The summed E-state index contributed by atoms with van der Waals surface area (Å²) in [6.07, 6.45) is 4.95. The summed E-state index contributed by atoms with van der Waals surface area (Å²) in [6, 6.07) is 10.6. The van der Waals surface area contributed by atoms with Crippen LogP contribution in [0.1, 0.15) is 23.3 Å². The van der Waals surface area contributed by atoms with E-state index >= 15 is 0 Å². The fraction of sp³-hybridized carbons (Fsp3) is 0.190. The van der Waals surface area contributed by atoms with Gasteiger partial charge < -0.3 is 19.9 Å². The van der Waals surface area contributed by atoms with Crippen molar-refractivity contribution in [2.45, 2.75) is 12.8 Å². The predicted octanol–water partition coefficient (Wildman–Crippen LogP) is 3.82. The van der Waals surface area contributed by atoms with Crippen LogP contribution >= 0.6 is 11.3 Å². The number of thiazole rings is 1. The van der Waals surface area contributed by atoms with Crippen LogP contribution in [-0.2, 0) is 11.8 Å². The predicted molar refractivity (Wildman–Crippen MR) is 116 cm³/mol. The van der Waals surface area contributed by atoms with E-state index in [0.29, 0.717) is 38.5 Å². The van der Waals surface area contributed by atoms with Gasteiger partial charge >= 0.3 is 0 Å². The van der Waals surface area contributed by atoms with Gasteiger partial charge in [-0.2, -0.15) is 0 Å². The summed E-state index contributed by atoms with van der Waals surface area (Å²) in [4.78, 5) is 37.8. The lowest BCUT2D eigenvalue weighted by Crippen LogP contribution is -2.15. The second-order valence-corrected chi connectivity index (χ2v) is 8.21. The summed E-state index contributed by atoms with van der Waals surface area (Å²) < 4.78 is 7.52. The van der Waals surface area contributed by atoms with Crippen molar-refractivity contribution in [1.29, 1.82) is 0 Å². The normalized spacial score (nSPS) is 13.2. The number of rotatable bonds is 6. The number of ether oxygens (including phenoxy) is 1. The largest absolute Gasteiger partial charge is 0.439 e. The molecule has 31 heavy (non-hydrogen) atoms. The maximum Gasteiger partial charge on any atom is 0.273 e. The third kappa shape index (κ3) is 4.24. The molecule has 3 heterocycles. The van der Waals surface area contributed by atoms with Gasteiger partial charge in [0.15, 0.2) is 5.13 Å². The fourth-order valence-corrected chi connectivity index (χ4v) is 3.83. The summed E-state index contributed by atoms with van der Waals surface area (Å²) in [5.41, 5.74) is 1.74. The van der Waals surface area contributed by atoms with Crippen LogP contribution in [0.25, 0.3) is 10.3 Å². The molecule has 1 aliphatic carbocycles. The van der Waals surface area contributed by atoms with E-state index in [0.717, 1.165) is 12.8 Å². The van der Waals surface area contributed by atoms with E-state index in [1.54, 1.807) is 54.3 Å². The monoisotopic (exact) mass is 434 g/mol. The maximum atomic E-state index is 12.4. The number of nitrogens with one attached hydrogen (secondary N) is 2. The molecule has 4 aromatic rings. The lowest BCUT2D eigenvalue weighted by Gasteiger charge is -2.08. The Bertz CT molecular complexity index is 1290. The highest BCUT2D eigenvalue weighted by Crippen LogP contribution is 2.33. The van der Waals surface area contributed by atoms with Crippen LogP contribution in [0.4, 0.5) is 10.8 Å². The Kier molecular flexibility index (Phi) is 4.83. The molecule has 0 radical (unpaired) electrons. The molecule has 0 saturated heterocycles. The van der Waals surface area contributed by atoms with Gasteiger partial charge in [0.05, 0.1) is 12.5 Å². The Hall–Kier alpha value is -3.79. The van der Waals surface area contributed by atoms with Gasteiger partial charge in [0.1, 0.15) is 21.8 Å². The van der Waals surface area contributed by atoms with Crippen molar-refractivity contribution in [2.75, 3.05) is 10.6 Å². The third-order valence-corrected chi connectivity index (χ3v) is 5.65. The van der Waals surface area contributed by atoms with Crippen molar-refractivity contribution in [1.82, 2.24) is 19.5 Å². The smallest absolute Gasteiger partial charge is 0.273 e. The molecule has 5 rings (SSSR count). The number of imidazole rings is 1. The van der Waals surface area contributed by atoms with Gasteiger partial charge in [-0.15, -0.1) is 0 Å². The average molecular weight is 434 g/mol. The number of nitrogens with zero attached hydrogens (tertiary/aromatic N) is 4. The van der Waals surface area contributed by atoms with E-state index in [-0.39, 0.29) is 17.7 Å². The average Bonchev–Trinajstić information content (AvgIpc) is 3.39. The Morgan fingerprint density at radius 2 is 2.03 bits per heavy atom. The number of amides is 2. The number of carbonyl (C=O) groups is 2. The number of pyridine rings is 1. The van der Waals surface area contributed by atoms with Crippen LogP contribution in [0.2, 0.25) is 0 Å². The maximum absolute atomic E-state index is 12.4. The molecule has 1 aliphatic rings. The number of fused-ring (bicyclic) bond motifs is 1. The van der Waals surface area contributed by atoms with Gasteiger partial charge in [-0.25, -0.2) is 15.0 Å². The standard InChI is InChI=1S/C21H18N6O3S/c1-27-11-22-10-16(27)19(29)23-13-3-2-4-14(9-13)30-17-8-7-15-20(25-17)31-21(24-15)26-18(28)12-5-6-12/h2-4,7-12H,5-6H2,1H3,(H,23,29)(H,24,26,28). The molecule has 1 aromatic carbocycles. The Morgan fingerprint density at radius 3 is 2.81 bits per heavy atom. The van der Waals surface area contributed by atoms with Crippen molar-refractivity contribution < 1.29 is 14.3 Å². The molecule has 156 valence electrons. The molecule has 10 heteroatoms. The molecular weight excluding hydrogens is 416 g/mol. The van der Waals surface area contributed by atoms with Gasteiger partial charge in [-0.3, -0.25) is 9.59 Å². The van der Waals surface area contributed by atoms with E-state index in [4.69, 9.17) is 4.74 Å². The molecule has 0 atom stereocenters. The summed E-state index contributed by atoms with van der Waals surface area (Å²) >= 11 is 1.31. The van der Waals surface area contributed by atoms with Gasteiger partial charge in [0.2, 0.25) is 11.8 Å². The van der Waals surface area contributed by atoms with E-state index in [1.165, 1.54) is 17.5 Å². The minimum atomic E-state index is -0.262. The van der Waals surface area contributed by atoms with Crippen LogP contribution in [0.5, 0.6) is 11.6 Å². The van der Waals surface area contributed by atoms with Crippen LogP contribution in [0.15, 0.2) is 48.9 Å². The number of benzene rings is 1. The minimum Gasteiger partial charge on any atom is -0.439 e. The first-order valence-corrected chi connectivity index (χ1v) is 10.5. The van der Waals surface area contributed by atoms with E-state index < -0.39 is 0 Å². The molecule has 3 aromatic heterocycles. The molecule has 0 bridgehead atoms. The second-order valence-electron chi connectivity index (χ2n) is 7.23. The number of hydrogen-bond donors (Lipinski definition) is 2. The molecule has 2 N–H and O–H groups in total. The zero-order valence-corrected chi connectivity index (χ0v) is 17.3. The summed E-state index contributed by atoms with van der Waals surface area (Å²) in [7, 11) is 1.76. The molecule has 1 fully saturated rings. The summed E-state index contributed by atoms with van der Waals surface area (Å²) in [5.74, 6) is 0.792. The molecule has 9 nitrogen and oxygen atoms in total. The van der Waals surface area contributed by atoms with E-state index in [2.05, 4.69) is 25.6 Å². The first-order chi connectivity index (χ1) is 15.0. The molecule has 2 amide bonds. The highest BCUT2D eigenvalue weighted by atomic mass is 32.1. The SMILES string of the molecule is Cn1cncc1C(=O)Nc1cccc(Oc2ccc3nc(NC(=O)C4CC4)sc3n2)c1. The van der Waals surface area contributed by atoms with Crippen molar-refractivity contribution >= 4 is 44.3 Å². The van der Waals surface area contributed by atoms with Crippen molar-refractivity contribution in [3.8, 4) is 11.6 Å². The number of aromatic nitrogens is 4. The number of carbonyl (C=O) groups excluding carboxylic acids is 2. The topological polar surface area (TPSA) is 111 Å². The summed E-state index contributed by atoms with van der Waals surface area (Å²) in [6.45, 7) is 0. The van der Waals surface area contributed by atoms with Gasteiger partial charge in [0.25, 0.3) is 5.91 Å². The highest BCUT2D eigenvalue weighted by Gasteiger charge is 2.30. The molecule has 0 aliphatic heterocycles.